The Hall–Kier alpha value is -1.35. The number of rotatable bonds is 3. The zero-order chi connectivity index (χ0) is 14.7. The Balaban J connectivity index is 1.76. The summed E-state index contributed by atoms with van der Waals surface area (Å²) in [6, 6.07) is 10.4. The zero-order valence-corrected chi connectivity index (χ0v) is 12.6. The summed E-state index contributed by atoms with van der Waals surface area (Å²) in [7, 11) is 0. The Morgan fingerprint density at radius 2 is 1.81 bits per heavy atom. The van der Waals surface area contributed by atoms with Crippen LogP contribution in [-0.2, 0) is 11.3 Å². The van der Waals surface area contributed by atoms with Crippen LogP contribution in [0.3, 0.4) is 0 Å². The van der Waals surface area contributed by atoms with E-state index in [4.69, 9.17) is 0 Å². The Labute approximate surface area is 127 Å². The average Bonchev–Trinajstić information content (AvgIpc) is 2.66. The van der Waals surface area contributed by atoms with Crippen molar-refractivity contribution in [3.8, 4) is 0 Å². The van der Waals surface area contributed by atoms with Crippen LogP contribution in [0.15, 0.2) is 30.3 Å². The number of hydrogen-bond donors (Lipinski definition) is 1. The van der Waals surface area contributed by atoms with Gasteiger partial charge in [0.2, 0.25) is 0 Å². The Bertz CT molecular complexity index is 477. The Morgan fingerprint density at radius 1 is 1.14 bits per heavy atom. The molecular formula is C18H25NO2. The van der Waals surface area contributed by atoms with Crippen molar-refractivity contribution < 1.29 is 9.90 Å². The van der Waals surface area contributed by atoms with Gasteiger partial charge in [0.1, 0.15) is 0 Å². The summed E-state index contributed by atoms with van der Waals surface area (Å²) >= 11 is 0. The van der Waals surface area contributed by atoms with Gasteiger partial charge in [-0.05, 0) is 23.8 Å². The molecule has 0 bridgehead atoms. The molecule has 1 N–H and O–H groups in total. The molecule has 114 valence electrons. The lowest BCUT2D eigenvalue weighted by atomic mass is 9.72. The second-order valence-electron chi connectivity index (χ2n) is 6.82. The molecule has 1 atom stereocenters. The van der Waals surface area contributed by atoms with Gasteiger partial charge in [-0.3, -0.25) is 9.69 Å². The topological polar surface area (TPSA) is 40.5 Å². The van der Waals surface area contributed by atoms with Gasteiger partial charge in [-0.1, -0.05) is 56.0 Å². The molecule has 3 rings (SSSR count). The maximum atomic E-state index is 11.8. The molecule has 1 heterocycles. The van der Waals surface area contributed by atoms with Crippen LogP contribution in [0.2, 0.25) is 0 Å². The number of carbonyl (C=O) groups is 1. The second kappa shape index (κ2) is 6.18. The van der Waals surface area contributed by atoms with E-state index < -0.39 is 5.97 Å². The lowest BCUT2D eigenvalue weighted by molar-refractivity contribution is -0.145. The summed E-state index contributed by atoms with van der Waals surface area (Å²) in [4.78, 5) is 14.1. The van der Waals surface area contributed by atoms with Crippen molar-refractivity contribution in [3.63, 3.8) is 0 Å². The molecule has 0 amide bonds. The molecule has 1 saturated carbocycles. The molecule has 3 heteroatoms. The van der Waals surface area contributed by atoms with Gasteiger partial charge in [0.05, 0.1) is 5.92 Å². The number of aliphatic carboxylic acids is 1. The number of benzene rings is 1. The lowest BCUT2D eigenvalue weighted by Crippen LogP contribution is -2.34. The first kappa shape index (κ1) is 14.6. The summed E-state index contributed by atoms with van der Waals surface area (Å²) in [5.41, 5.74) is 1.31. The van der Waals surface area contributed by atoms with Crippen LogP contribution in [0.1, 0.15) is 44.1 Å². The highest BCUT2D eigenvalue weighted by atomic mass is 16.4. The van der Waals surface area contributed by atoms with Gasteiger partial charge in [0.25, 0.3) is 0 Å². The zero-order valence-electron chi connectivity index (χ0n) is 12.6. The smallest absolute Gasteiger partial charge is 0.308 e. The van der Waals surface area contributed by atoms with Gasteiger partial charge in [-0.15, -0.1) is 0 Å². The number of nitrogens with zero attached hydrogens (tertiary/aromatic N) is 1. The number of likely N-dealkylation sites (tertiary alicyclic amines) is 1. The highest BCUT2D eigenvalue weighted by Gasteiger charge is 2.49. The van der Waals surface area contributed by atoms with Crippen LogP contribution >= 0.6 is 0 Å². The maximum Gasteiger partial charge on any atom is 0.308 e. The van der Waals surface area contributed by atoms with Crippen molar-refractivity contribution in [1.82, 2.24) is 4.90 Å². The molecule has 21 heavy (non-hydrogen) atoms. The van der Waals surface area contributed by atoms with Crippen molar-refractivity contribution in [2.75, 3.05) is 13.1 Å². The van der Waals surface area contributed by atoms with Gasteiger partial charge in [0, 0.05) is 19.6 Å². The normalized spacial score (nSPS) is 25.8. The van der Waals surface area contributed by atoms with Crippen molar-refractivity contribution in [1.29, 1.82) is 0 Å². The SMILES string of the molecule is O=C(O)C1CN(Cc2ccccc2)CC12CCCCCC2. The molecule has 2 aliphatic rings. The fourth-order valence-electron chi connectivity index (χ4n) is 4.31. The first-order valence-corrected chi connectivity index (χ1v) is 8.19. The van der Waals surface area contributed by atoms with Gasteiger partial charge in [0.15, 0.2) is 0 Å². The summed E-state index contributed by atoms with van der Waals surface area (Å²) in [5.74, 6) is -0.772. The standard InChI is InChI=1S/C18H25NO2/c20-17(21)16-13-19(12-15-8-4-3-5-9-15)14-18(16)10-6-1-2-7-11-18/h3-5,8-9,16H,1-2,6-7,10-14H2,(H,20,21). The third-order valence-corrected chi connectivity index (χ3v) is 5.36. The van der Waals surface area contributed by atoms with Gasteiger partial charge in [-0.25, -0.2) is 0 Å². The highest BCUT2D eigenvalue weighted by Crippen LogP contribution is 2.47. The van der Waals surface area contributed by atoms with Gasteiger partial charge >= 0.3 is 5.97 Å². The van der Waals surface area contributed by atoms with Gasteiger partial charge in [-0.2, -0.15) is 0 Å². The summed E-state index contributed by atoms with van der Waals surface area (Å²) in [5, 5.41) is 9.68. The molecule has 0 radical (unpaired) electrons. The molecule has 1 aliphatic carbocycles. The molecule has 3 nitrogen and oxygen atoms in total. The van der Waals surface area contributed by atoms with E-state index >= 15 is 0 Å². The van der Waals surface area contributed by atoms with E-state index in [9.17, 15) is 9.90 Å². The van der Waals surface area contributed by atoms with E-state index in [1.54, 1.807) is 0 Å². The second-order valence-corrected chi connectivity index (χ2v) is 6.82. The molecule has 1 aromatic carbocycles. The monoisotopic (exact) mass is 287 g/mol. The summed E-state index contributed by atoms with van der Waals surface area (Å²) < 4.78 is 0. The third kappa shape index (κ3) is 3.13. The molecule has 0 aromatic heterocycles. The quantitative estimate of drug-likeness (QED) is 0.924. The fraction of sp³-hybridized carbons (Fsp3) is 0.611. The predicted octanol–water partition coefficient (Wildman–Crippen LogP) is 3.54. The minimum atomic E-state index is -0.590. The summed E-state index contributed by atoms with van der Waals surface area (Å²) in [6.07, 6.45) is 7.12. The third-order valence-electron chi connectivity index (χ3n) is 5.36. The largest absolute Gasteiger partial charge is 0.481 e. The highest BCUT2D eigenvalue weighted by molar-refractivity contribution is 5.72. The van der Waals surface area contributed by atoms with Crippen LogP contribution < -0.4 is 0 Å². The molecule has 1 unspecified atom stereocenters. The van der Waals surface area contributed by atoms with Crippen molar-refractivity contribution in [2.24, 2.45) is 11.3 Å². The first-order chi connectivity index (χ1) is 10.2. The van der Waals surface area contributed by atoms with E-state index in [0.29, 0.717) is 6.54 Å². The molecule has 2 fully saturated rings. The first-order valence-electron chi connectivity index (χ1n) is 8.19. The average molecular weight is 287 g/mol. The van der Waals surface area contributed by atoms with E-state index in [-0.39, 0.29) is 11.3 Å². The van der Waals surface area contributed by atoms with E-state index in [1.165, 1.54) is 31.2 Å². The summed E-state index contributed by atoms with van der Waals surface area (Å²) in [6.45, 7) is 2.55. The van der Waals surface area contributed by atoms with Crippen molar-refractivity contribution in [2.45, 2.75) is 45.1 Å². The van der Waals surface area contributed by atoms with Gasteiger partial charge < -0.3 is 5.11 Å². The fourth-order valence-corrected chi connectivity index (χ4v) is 4.31. The molecule has 1 aromatic rings. The van der Waals surface area contributed by atoms with E-state index in [0.717, 1.165) is 25.9 Å². The molecular weight excluding hydrogens is 262 g/mol. The van der Waals surface area contributed by atoms with Crippen molar-refractivity contribution >= 4 is 5.97 Å². The minimum Gasteiger partial charge on any atom is -0.481 e. The molecule has 1 spiro atoms. The van der Waals surface area contributed by atoms with E-state index in [1.807, 2.05) is 6.07 Å². The maximum absolute atomic E-state index is 11.8. The lowest BCUT2D eigenvalue weighted by Gasteiger charge is -2.31. The number of hydrogen-bond acceptors (Lipinski definition) is 2. The predicted molar refractivity (Wildman–Crippen MR) is 83.0 cm³/mol. The van der Waals surface area contributed by atoms with Crippen LogP contribution in [0, 0.1) is 11.3 Å². The Morgan fingerprint density at radius 3 is 2.43 bits per heavy atom. The minimum absolute atomic E-state index is 0.0249. The van der Waals surface area contributed by atoms with Crippen LogP contribution in [0.4, 0.5) is 0 Å². The van der Waals surface area contributed by atoms with Crippen LogP contribution in [0.5, 0.6) is 0 Å². The Kier molecular flexibility index (Phi) is 4.29. The number of carboxylic acids is 1. The van der Waals surface area contributed by atoms with E-state index in [2.05, 4.69) is 29.2 Å². The van der Waals surface area contributed by atoms with Crippen LogP contribution in [0.25, 0.3) is 0 Å². The molecule has 1 saturated heterocycles. The number of carboxylic acid groups (broad SMARTS) is 1. The van der Waals surface area contributed by atoms with Crippen molar-refractivity contribution in [3.05, 3.63) is 35.9 Å². The van der Waals surface area contributed by atoms with Crippen LogP contribution in [-0.4, -0.2) is 29.1 Å². The molecule has 1 aliphatic heterocycles.